The van der Waals surface area contributed by atoms with Gasteiger partial charge in [-0.1, -0.05) is 18.2 Å². The molecule has 1 fully saturated rings. The van der Waals surface area contributed by atoms with E-state index in [1.165, 1.54) is 12.1 Å². The minimum atomic E-state index is -0.991. The topological polar surface area (TPSA) is 87.2 Å². The number of methoxy groups -OCH3 is 1. The van der Waals surface area contributed by atoms with Gasteiger partial charge in [-0.25, -0.2) is 4.79 Å². The highest BCUT2D eigenvalue weighted by Crippen LogP contribution is 2.20. The number of amides is 2. The zero-order chi connectivity index (χ0) is 21.0. The van der Waals surface area contributed by atoms with Crippen LogP contribution in [-0.4, -0.2) is 66.0 Å². The highest BCUT2D eigenvalue weighted by atomic mass is 16.5. The highest BCUT2D eigenvalue weighted by Gasteiger charge is 2.25. The van der Waals surface area contributed by atoms with Gasteiger partial charge in [-0.3, -0.25) is 9.59 Å². The van der Waals surface area contributed by atoms with E-state index in [0.717, 1.165) is 11.1 Å². The number of aryl methyl sites for hydroxylation is 1. The van der Waals surface area contributed by atoms with Crippen molar-refractivity contribution >= 4 is 17.8 Å². The van der Waals surface area contributed by atoms with Gasteiger partial charge in [-0.05, 0) is 42.3 Å². The molecule has 0 unspecified atom stereocenters. The van der Waals surface area contributed by atoms with Crippen LogP contribution in [0.15, 0.2) is 42.5 Å². The molecule has 1 saturated heterocycles. The number of benzene rings is 2. The highest BCUT2D eigenvalue weighted by molar-refractivity contribution is 5.95. The maximum absolute atomic E-state index is 12.8. The van der Waals surface area contributed by atoms with Gasteiger partial charge in [0.25, 0.3) is 5.91 Å². The van der Waals surface area contributed by atoms with Gasteiger partial charge < -0.3 is 19.6 Å². The number of carbonyl (C=O) groups excluding carboxylic acids is 2. The third kappa shape index (κ3) is 4.74. The Morgan fingerprint density at radius 2 is 1.52 bits per heavy atom. The minimum absolute atomic E-state index is 0.0304. The van der Waals surface area contributed by atoms with E-state index in [1.54, 1.807) is 41.2 Å². The minimum Gasteiger partial charge on any atom is -0.496 e. The Balaban J connectivity index is 1.56. The van der Waals surface area contributed by atoms with E-state index >= 15 is 0 Å². The lowest BCUT2D eigenvalue weighted by atomic mass is 10.1. The molecule has 3 rings (SSSR count). The largest absolute Gasteiger partial charge is 0.496 e. The van der Waals surface area contributed by atoms with Gasteiger partial charge in [-0.2, -0.15) is 0 Å². The van der Waals surface area contributed by atoms with Crippen molar-refractivity contribution in [1.29, 1.82) is 0 Å². The van der Waals surface area contributed by atoms with Crippen LogP contribution in [0.3, 0.4) is 0 Å². The number of rotatable bonds is 5. The number of carbonyl (C=O) groups is 3. The first-order valence-electron chi connectivity index (χ1n) is 9.43. The summed E-state index contributed by atoms with van der Waals surface area (Å²) in [6.45, 7) is 3.81. The van der Waals surface area contributed by atoms with E-state index in [2.05, 4.69) is 0 Å². The molecular formula is C22H24N2O5. The number of nitrogens with zero attached hydrogens (tertiary/aromatic N) is 2. The summed E-state index contributed by atoms with van der Waals surface area (Å²) in [6.07, 6.45) is 0.211. The zero-order valence-corrected chi connectivity index (χ0v) is 16.6. The third-order valence-corrected chi connectivity index (χ3v) is 5.13. The first-order valence-corrected chi connectivity index (χ1v) is 9.43. The monoisotopic (exact) mass is 396 g/mol. The average molecular weight is 396 g/mol. The van der Waals surface area contributed by atoms with Crippen molar-refractivity contribution in [2.75, 3.05) is 33.3 Å². The Morgan fingerprint density at radius 1 is 0.931 bits per heavy atom. The van der Waals surface area contributed by atoms with E-state index in [4.69, 9.17) is 9.84 Å². The molecule has 0 spiro atoms. The molecule has 29 heavy (non-hydrogen) atoms. The maximum Gasteiger partial charge on any atom is 0.335 e. The van der Waals surface area contributed by atoms with E-state index in [0.29, 0.717) is 37.5 Å². The Hall–Kier alpha value is -3.35. The molecular weight excluding hydrogens is 372 g/mol. The Kier molecular flexibility index (Phi) is 6.16. The van der Waals surface area contributed by atoms with Gasteiger partial charge >= 0.3 is 5.97 Å². The predicted octanol–water partition coefficient (Wildman–Crippen LogP) is 2.23. The van der Waals surface area contributed by atoms with Crippen molar-refractivity contribution < 1.29 is 24.2 Å². The number of ether oxygens (including phenoxy) is 1. The summed E-state index contributed by atoms with van der Waals surface area (Å²) in [6, 6.07) is 11.7. The Morgan fingerprint density at radius 3 is 2.10 bits per heavy atom. The number of carboxylic acid groups (broad SMARTS) is 1. The summed E-state index contributed by atoms with van der Waals surface area (Å²) in [5, 5.41) is 8.94. The molecule has 1 aliphatic rings. The summed E-state index contributed by atoms with van der Waals surface area (Å²) in [5.74, 6) is -0.412. The van der Waals surface area contributed by atoms with Crippen LogP contribution in [0.25, 0.3) is 0 Å². The molecule has 2 aromatic rings. The standard InChI is InChI=1S/C22H24N2O5/c1-15-3-6-18(14-19(15)29-2)21(26)24-11-9-23(10-12-24)20(25)13-16-4-7-17(8-5-16)22(27)28/h3-8,14H,9-13H2,1-2H3,(H,27,28). The van der Waals surface area contributed by atoms with Gasteiger partial charge in [0, 0.05) is 31.7 Å². The second-order valence-electron chi connectivity index (χ2n) is 7.04. The fourth-order valence-corrected chi connectivity index (χ4v) is 3.35. The van der Waals surface area contributed by atoms with Gasteiger partial charge in [0.1, 0.15) is 5.75 Å². The molecule has 2 aromatic carbocycles. The average Bonchev–Trinajstić information content (AvgIpc) is 2.74. The maximum atomic E-state index is 12.8. The molecule has 0 aliphatic carbocycles. The normalized spacial score (nSPS) is 13.9. The fourth-order valence-electron chi connectivity index (χ4n) is 3.35. The zero-order valence-electron chi connectivity index (χ0n) is 16.6. The fraction of sp³-hybridized carbons (Fsp3) is 0.318. The Bertz CT molecular complexity index is 915. The van der Waals surface area contributed by atoms with E-state index in [9.17, 15) is 14.4 Å². The molecule has 0 atom stereocenters. The SMILES string of the molecule is COc1cc(C(=O)N2CCN(C(=O)Cc3ccc(C(=O)O)cc3)CC2)ccc1C. The lowest BCUT2D eigenvalue weighted by molar-refractivity contribution is -0.131. The smallest absolute Gasteiger partial charge is 0.335 e. The summed E-state index contributed by atoms with van der Waals surface area (Å²) >= 11 is 0. The second kappa shape index (κ2) is 8.77. The molecule has 2 amide bonds. The van der Waals surface area contributed by atoms with Gasteiger partial charge in [0.15, 0.2) is 0 Å². The van der Waals surface area contributed by atoms with Crippen LogP contribution in [0.5, 0.6) is 5.75 Å². The quantitative estimate of drug-likeness (QED) is 0.838. The van der Waals surface area contributed by atoms with E-state index in [-0.39, 0.29) is 23.8 Å². The third-order valence-electron chi connectivity index (χ3n) is 5.13. The lowest BCUT2D eigenvalue weighted by Gasteiger charge is -2.35. The van der Waals surface area contributed by atoms with Crippen molar-refractivity contribution in [3.05, 3.63) is 64.7 Å². The number of piperazine rings is 1. The van der Waals surface area contributed by atoms with E-state index < -0.39 is 5.97 Å². The summed E-state index contributed by atoms with van der Waals surface area (Å²) in [5.41, 5.74) is 2.51. The second-order valence-corrected chi connectivity index (χ2v) is 7.04. The number of hydrogen-bond acceptors (Lipinski definition) is 4. The first kappa shape index (κ1) is 20.4. The van der Waals surface area contributed by atoms with Gasteiger partial charge in [-0.15, -0.1) is 0 Å². The van der Waals surface area contributed by atoms with Crippen LogP contribution in [0.2, 0.25) is 0 Å². The van der Waals surface area contributed by atoms with Crippen LogP contribution in [0, 0.1) is 6.92 Å². The van der Waals surface area contributed by atoms with Gasteiger partial charge in [0.2, 0.25) is 5.91 Å². The van der Waals surface area contributed by atoms with Crippen molar-refractivity contribution in [3.63, 3.8) is 0 Å². The van der Waals surface area contributed by atoms with Crippen LogP contribution >= 0.6 is 0 Å². The summed E-state index contributed by atoms with van der Waals surface area (Å²) in [7, 11) is 1.58. The molecule has 0 saturated carbocycles. The van der Waals surface area contributed by atoms with E-state index in [1.807, 2.05) is 13.0 Å². The molecule has 7 heteroatoms. The molecule has 1 aliphatic heterocycles. The van der Waals surface area contributed by atoms with Crippen LogP contribution in [0.4, 0.5) is 0 Å². The lowest BCUT2D eigenvalue weighted by Crippen LogP contribution is -2.51. The molecule has 1 N–H and O–H groups in total. The van der Waals surface area contributed by atoms with Crippen LogP contribution < -0.4 is 4.74 Å². The van der Waals surface area contributed by atoms with Crippen LogP contribution in [0.1, 0.15) is 31.8 Å². The Labute approximate surface area is 169 Å². The molecule has 152 valence electrons. The molecule has 1 heterocycles. The molecule has 7 nitrogen and oxygen atoms in total. The van der Waals surface area contributed by atoms with Crippen molar-refractivity contribution in [2.45, 2.75) is 13.3 Å². The van der Waals surface area contributed by atoms with Crippen molar-refractivity contribution in [1.82, 2.24) is 9.80 Å². The van der Waals surface area contributed by atoms with Crippen molar-refractivity contribution in [3.8, 4) is 5.75 Å². The van der Waals surface area contributed by atoms with Crippen molar-refractivity contribution in [2.24, 2.45) is 0 Å². The summed E-state index contributed by atoms with van der Waals surface area (Å²) < 4.78 is 5.29. The number of hydrogen-bond donors (Lipinski definition) is 1. The summed E-state index contributed by atoms with van der Waals surface area (Å²) in [4.78, 5) is 39.7. The number of aromatic carboxylic acids is 1. The molecule has 0 bridgehead atoms. The molecule has 0 aromatic heterocycles. The van der Waals surface area contributed by atoms with Crippen LogP contribution in [-0.2, 0) is 11.2 Å². The number of carboxylic acids is 1. The van der Waals surface area contributed by atoms with Gasteiger partial charge in [0.05, 0.1) is 19.1 Å². The molecule has 0 radical (unpaired) electrons. The first-order chi connectivity index (χ1) is 13.9. The predicted molar refractivity (Wildman–Crippen MR) is 107 cm³/mol.